The Morgan fingerprint density at radius 3 is 2.48 bits per heavy atom. The molecule has 1 aromatic rings. The Balaban J connectivity index is 1.99. The summed E-state index contributed by atoms with van der Waals surface area (Å²) < 4.78 is 0. The van der Waals surface area contributed by atoms with Crippen LogP contribution in [0.3, 0.4) is 0 Å². The lowest BCUT2D eigenvalue weighted by Crippen LogP contribution is -2.36. The first-order chi connectivity index (χ1) is 9.99. The molecule has 4 nitrogen and oxygen atoms in total. The minimum atomic E-state index is 0.454. The zero-order valence-electron chi connectivity index (χ0n) is 14.3. The Morgan fingerprint density at radius 1 is 1.19 bits per heavy atom. The highest BCUT2D eigenvalue weighted by molar-refractivity contribution is 5.47. The molecule has 0 amide bonds. The van der Waals surface area contributed by atoms with Gasteiger partial charge in [0.15, 0.2) is 0 Å². The molecule has 0 aliphatic heterocycles. The largest absolute Gasteiger partial charge is 0.358 e. The minimum Gasteiger partial charge on any atom is -0.358 e. The Hall–Kier alpha value is -1.16. The van der Waals surface area contributed by atoms with Gasteiger partial charge in [0.05, 0.1) is 0 Å². The predicted molar refractivity (Wildman–Crippen MR) is 89.0 cm³/mol. The molecule has 118 valence electrons. The van der Waals surface area contributed by atoms with Crippen LogP contribution in [0.2, 0.25) is 0 Å². The van der Waals surface area contributed by atoms with Gasteiger partial charge < -0.3 is 9.80 Å². The molecule has 0 saturated heterocycles. The highest BCUT2D eigenvalue weighted by Gasteiger charge is 2.20. The van der Waals surface area contributed by atoms with Gasteiger partial charge >= 0.3 is 0 Å². The molecule has 1 fully saturated rings. The molecule has 0 atom stereocenters. The third-order valence-corrected chi connectivity index (χ3v) is 4.64. The van der Waals surface area contributed by atoms with Gasteiger partial charge in [0.2, 0.25) is 0 Å². The summed E-state index contributed by atoms with van der Waals surface area (Å²) in [5.41, 5.74) is 1.24. The van der Waals surface area contributed by atoms with Gasteiger partial charge in [0.1, 0.15) is 11.6 Å². The molecule has 2 rings (SSSR count). The van der Waals surface area contributed by atoms with Crippen molar-refractivity contribution in [1.29, 1.82) is 0 Å². The second-order valence-corrected chi connectivity index (χ2v) is 6.69. The summed E-state index contributed by atoms with van der Waals surface area (Å²) in [4.78, 5) is 13.8. The van der Waals surface area contributed by atoms with Gasteiger partial charge in [-0.15, -0.1) is 0 Å². The fourth-order valence-electron chi connectivity index (χ4n) is 3.12. The van der Waals surface area contributed by atoms with E-state index in [1.807, 2.05) is 13.1 Å². The van der Waals surface area contributed by atoms with Crippen molar-refractivity contribution in [2.45, 2.75) is 58.4 Å². The van der Waals surface area contributed by atoms with Crippen molar-refractivity contribution in [3.8, 4) is 0 Å². The molecular formula is C17H30N4. The van der Waals surface area contributed by atoms with Crippen LogP contribution in [0.1, 0.15) is 56.8 Å². The monoisotopic (exact) mass is 290 g/mol. The maximum atomic E-state index is 4.67. The van der Waals surface area contributed by atoms with Crippen LogP contribution in [-0.4, -0.2) is 48.1 Å². The highest BCUT2D eigenvalue weighted by Crippen LogP contribution is 2.25. The van der Waals surface area contributed by atoms with Crippen LogP contribution < -0.4 is 4.90 Å². The van der Waals surface area contributed by atoms with Gasteiger partial charge in [-0.25, -0.2) is 9.97 Å². The quantitative estimate of drug-likeness (QED) is 0.805. The lowest BCUT2D eigenvalue weighted by atomic mass is 10.1. The molecule has 0 N–H and O–H groups in total. The van der Waals surface area contributed by atoms with E-state index < -0.39 is 0 Å². The molecular weight excluding hydrogens is 260 g/mol. The average Bonchev–Trinajstić information content (AvgIpc) is 2.98. The van der Waals surface area contributed by atoms with Crippen molar-refractivity contribution >= 4 is 5.82 Å². The number of anilines is 1. The molecule has 0 radical (unpaired) electrons. The summed E-state index contributed by atoms with van der Waals surface area (Å²) >= 11 is 0. The fraction of sp³-hybridized carbons (Fsp3) is 0.765. The molecule has 4 heteroatoms. The van der Waals surface area contributed by atoms with Crippen LogP contribution in [0.25, 0.3) is 0 Å². The minimum absolute atomic E-state index is 0.454. The van der Waals surface area contributed by atoms with Crippen LogP contribution in [0.4, 0.5) is 5.82 Å². The number of hydrogen-bond donors (Lipinski definition) is 0. The zero-order chi connectivity index (χ0) is 15.4. The maximum absolute atomic E-state index is 4.67. The van der Waals surface area contributed by atoms with Crippen molar-refractivity contribution in [2.24, 2.45) is 0 Å². The molecule has 0 spiro atoms. The van der Waals surface area contributed by atoms with Gasteiger partial charge in [-0.05, 0) is 32.7 Å². The molecule has 1 aromatic heterocycles. The normalized spacial score (nSPS) is 16.1. The van der Waals surface area contributed by atoms with Gasteiger partial charge in [-0.1, -0.05) is 26.7 Å². The Labute approximate surface area is 129 Å². The van der Waals surface area contributed by atoms with E-state index in [9.17, 15) is 0 Å². The predicted octanol–water partition coefficient (Wildman–Crippen LogP) is 3.22. The molecule has 1 aliphatic rings. The van der Waals surface area contributed by atoms with E-state index in [0.29, 0.717) is 5.92 Å². The first kappa shape index (κ1) is 16.2. The second kappa shape index (κ2) is 7.21. The van der Waals surface area contributed by atoms with E-state index in [1.54, 1.807) is 0 Å². The molecule has 1 heterocycles. The first-order valence-electron chi connectivity index (χ1n) is 8.24. The lowest BCUT2D eigenvalue weighted by molar-refractivity contribution is 0.251. The van der Waals surface area contributed by atoms with E-state index in [2.05, 4.69) is 47.7 Å². The Kier molecular flexibility index (Phi) is 5.57. The average molecular weight is 290 g/mol. The van der Waals surface area contributed by atoms with E-state index >= 15 is 0 Å². The summed E-state index contributed by atoms with van der Waals surface area (Å²) in [7, 11) is 4.41. The van der Waals surface area contributed by atoms with E-state index in [1.165, 1.54) is 31.2 Å². The van der Waals surface area contributed by atoms with Crippen molar-refractivity contribution in [1.82, 2.24) is 14.9 Å². The highest BCUT2D eigenvalue weighted by atomic mass is 15.2. The van der Waals surface area contributed by atoms with Crippen LogP contribution in [-0.2, 0) is 0 Å². The van der Waals surface area contributed by atoms with E-state index in [0.717, 1.165) is 30.8 Å². The van der Waals surface area contributed by atoms with Crippen molar-refractivity contribution in [3.63, 3.8) is 0 Å². The van der Waals surface area contributed by atoms with Gasteiger partial charge in [-0.2, -0.15) is 0 Å². The van der Waals surface area contributed by atoms with Gasteiger partial charge in [-0.3, -0.25) is 0 Å². The fourth-order valence-corrected chi connectivity index (χ4v) is 3.12. The maximum Gasteiger partial charge on any atom is 0.135 e. The van der Waals surface area contributed by atoms with Crippen LogP contribution in [0, 0.1) is 6.92 Å². The van der Waals surface area contributed by atoms with Crippen LogP contribution in [0.15, 0.2) is 6.20 Å². The smallest absolute Gasteiger partial charge is 0.135 e. The third-order valence-electron chi connectivity index (χ3n) is 4.64. The molecule has 0 unspecified atom stereocenters. The molecule has 1 saturated carbocycles. The van der Waals surface area contributed by atoms with E-state index in [-0.39, 0.29) is 0 Å². The summed E-state index contributed by atoms with van der Waals surface area (Å²) in [5, 5.41) is 0. The van der Waals surface area contributed by atoms with Crippen LogP contribution >= 0.6 is 0 Å². The molecule has 0 aromatic carbocycles. The Morgan fingerprint density at radius 2 is 1.86 bits per heavy atom. The first-order valence-corrected chi connectivity index (χ1v) is 8.24. The van der Waals surface area contributed by atoms with Gasteiger partial charge in [0.25, 0.3) is 0 Å². The Bertz CT molecular complexity index is 452. The summed E-state index contributed by atoms with van der Waals surface area (Å²) in [5.74, 6) is 2.40. The topological polar surface area (TPSA) is 32.3 Å². The standard InChI is InChI=1S/C17H30N4/c1-13(2)16-12-18-14(3)19-17(16)21(5)11-10-20(4)15-8-6-7-9-15/h12-13,15H,6-11H2,1-5H3. The summed E-state index contributed by atoms with van der Waals surface area (Å²) in [6.07, 6.45) is 7.51. The number of aromatic nitrogens is 2. The van der Waals surface area contributed by atoms with Crippen LogP contribution in [0.5, 0.6) is 0 Å². The van der Waals surface area contributed by atoms with Gasteiger partial charge in [0, 0.05) is 37.9 Å². The van der Waals surface area contributed by atoms with Crippen molar-refractivity contribution < 1.29 is 0 Å². The SMILES string of the molecule is Cc1ncc(C(C)C)c(N(C)CCN(C)C2CCCC2)n1. The number of hydrogen-bond acceptors (Lipinski definition) is 4. The van der Waals surface area contributed by atoms with E-state index in [4.69, 9.17) is 0 Å². The van der Waals surface area contributed by atoms with Crippen molar-refractivity contribution in [2.75, 3.05) is 32.1 Å². The molecule has 1 aliphatic carbocycles. The second-order valence-electron chi connectivity index (χ2n) is 6.69. The summed E-state index contributed by atoms with van der Waals surface area (Å²) in [6, 6.07) is 0.787. The zero-order valence-corrected chi connectivity index (χ0v) is 14.3. The number of rotatable bonds is 6. The number of likely N-dealkylation sites (N-methyl/N-ethyl adjacent to an activating group) is 2. The third kappa shape index (κ3) is 4.16. The number of aryl methyl sites for hydroxylation is 1. The lowest BCUT2D eigenvalue weighted by Gasteiger charge is -2.28. The molecule has 21 heavy (non-hydrogen) atoms. The molecule has 0 bridgehead atoms. The summed E-state index contributed by atoms with van der Waals surface area (Å²) in [6.45, 7) is 8.49. The number of nitrogens with zero attached hydrogens (tertiary/aromatic N) is 4. The van der Waals surface area contributed by atoms with Crippen molar-refractivity contribution in [3.05, 3.63) is 17.6 Å².